The van der Waals surface area contributed by atoms with Crippen molar-refractivity contribution in [2.45, 2.75) is 18.4 Å². The van der Waals surface area contributed by atoms with E-state index in [-0.39, 0.29) is 32.1 Å². The molecule has 2 aliphatic rings. The van der Waals surface area contributed by atoms with Crippen molar-refractivity contribution in [2.75, 3.05) is 98.7 Å². The Balaban J connectivity index is 2.10. The highest BCUT2D eigenvalue weighted by molar-refractivity contribution is 5.79. The van der Waals surface area contributed by atoms with Gasteiger partial charge in [-0.15, -0.1) is 0 Å². The van der Waals surface area contributed by atoms with E-state index >= 15 is 0 Å². The van der Waals surface area contributed by atoms with Gasteiger partial charge in [0.2, 0.25) is 5.91 Å². The van der Waals surface area contributed by atoms with Crippen LogP contribution in [0.15, 0.2) is 0 Å². The molecular weight excluding hydrogens is 488 g/mol. The fourth-order valence-electron chi connectivity index (χ4n) is 4.66. The number of aldehydes is 1. The van der Waals surface area contributed by atoms with Crippen LogP contribution in [-0.4, -0.2) is 174 Å². The third kappa shape index (κ3) is 10.7. The average molecular weight is 529 g/mol. The van der Waals surface area contributed by atoms with Crippen LogP contribution in [0.4, 0.5) is 0 Å². The highest BCUT2D eigenvalue weighted by Gasteiger charge is 2.34. The van der Waals surface area contributed by atoms with Crippen LogP contribution in [0.2, 0.25) is 0 Å². The first-order valence-electron chi connectivity index (χ1n) is 12.5. The molecule has 14 heteroatoms. The monoisotopic (exact) mass is 528 g/mol. The summed E-state index contributed by atoms with van der Waals surface area (Å²) in [4.78, 5) is 67.4. The molecule has 14 nitrogen and oxygen atoms in total. The number of likely N-dealkylation sites (N-methyl/N-ethyl adjacent to an activating group) is 1. The Morgan fingerprint density at radius 3 is 1.24 bits per heavy atom. The summed E-state index contributed by atoms with van der Waals surface area (Å²) in [7, 11) is 1.73. The number of amides is 1. The van der Waals surface area contributed by atoms with E-state index in [1.165, 1.54) is 0 Å². The standard InChI is InChI=1S/C23H40N6O8/c1-24-23(18-30)2-4-29(5-3-23)19(31)14-25-6-8-26(15-20(32)33)10-12-28(17-22(36)37)13-11-27(9-7-25)16-21(34)35/h18,24H,2-17H2,1H3,(H,32,33)(H,34,35)(H,36,37). The first-order chi connectivity index (χ1) is 17.6. The summed E-state index contributed by atoms with van der Waals surface area (Å²) >= 11 is 0. The predicted octanol–water partition coefficient (Wildman–Crippen LogP) is -2.76. The van der Waals surface area contributed by atoms with Gasteiger partial charge in [0.05, 0.1) is 31.7 Å². The molecule has 0 aromatic rings. The number of rotatable bonds is 10. The minimum Gasteiger partial charge on any atom is -0.480 e. The van der Waals surface area contributed by atoms with Gasteiger partial charge in [0.25, 0.3) is 0 Å². The molecule has 0 aromatic heterocycles. The van der Waals surface area contributed by atoms with Crippen LogP contribution in [-0.2, 0) is 24.0 Å². The fraction of sp³-hybridized carbons (Fsp3) is 0.783. The summed E-state index contributed by atoms with van der Waals surface area (Å²) in [5.74, 6) is -3.10. The number of hydrogen-bond acceptors (Lipinski definition) is 10. The molecule has 1 amide bonds. The molecule has 37 heavy (non-hydrogen) atoms. The minimum atomic E-state index is -1.01. The second kappa shape index (κ2) is 14.9. The molecule has 2 heterocycles. The molecule has 0 aromatic carbocycles. The lowest BCUT2D eigenvalue weighted by Gasteiger charge is -2.39. The molecule has 2 rings (SSSR count). The fourth-order valence-corrected chi connectivity index (χ4v) is 4.66. The number of nitrogens with one attached hydrogen (secondary N) is 1. The van der Waals surface area contributed by atoms with Crippen molar-refractivity contribution in [1.29, 1.82) is 0 Å². The lowest BCUT2D eigenvalue weighted by molar-refractivity contribution is -0.141. The number of piperidine rings is 1. The molecule has 2 saturated heterocycles. The normalized spacial score (nSPS) is 21.5. The maximum absolute atomic E-state index is 13.1. The number of carboxylic acid groups (broad SMARTS) is 3. The van der Waals surface area contributed by atoms with Gasteiger partial charge in [-0.3, -0.25) is 38.8 Å². The lowest BCUT2D eigenvalue weighted by Crippen LogP contribution is -2.56. The van der Waals surface area contributed by atoms with Crippen LogP contribution >= 0.6 is 0 Å². The number of likely N-dealkylation sites (tertiary alicyclic amines) is 1. The second-order valence-electron chi connectivity index (χ2n) is 9.69. The smallest absolute Gasteiger partial charge is 0.317 e. The van der Waals surface area contributed by atoms with Crippen molar-refractivity contribution in [3.8, 4) is 0 Å². The molecule has 2 fully saturated rings. The molecule has 0 unspecified atom stereocenters. The van der Waals surface area contributed by atoms with E-state index in [0.717, 1.165) is 6.29 Å². The van der Waals surface area contributed by atoms with E-state index in [1.807, 2.05) is 4.90 Å². The van der Waals surface area contributed by atoms with Crippen LogP contribution in [0.1, 0.15) is 12.8 Å². The second-order valence-corrected chi connectivity index (χ2v) is 9.69. The molecule has 0 bridgehead atoms. The Morgan fingerprint density at radius 1 is 0.649 bits per heavy atom. The summed E-state index contributed by atoms with van der Waals surface area (Å²) in [5, 5.41) is 30.9. The van der Waals surface area contributed by atoms with Crippen LogP contribution in [0, 0.1) is 0 Å². The van der Waals surface area contributed by atoms with Crippen molar-refractivity contribution in [3.05, 3.63) is 0 Å². The third-order valence-electron chi connectivity index (χ3n) is 7.10. The van der Waals surface area contributed by atoms with Crippen LogP contribution in [0.3, 0.4) is 0 Å². The summed E-state index contributed by atoms with van der Waals surface area (Å²) in [5.41, 5.74) is -0.618. The topological polar surface area (TPSA) is 174 Å². The Hall–Kier alpha value is -2.65. The van der Waals surface area contributed by atoms with E-state index in [1.54, 1.807) is 26.6 Å². The molecule has 0 spiro atoms. The third-order valence-corrected chi connectivity index (χ3v) is 7.10. The zero-order chi connectivity index (χ0) is 27.4. The zero-order valence-electron chi connectivity index (χ0n) is 21.5. The average Bonchev–Trinajstić information content (AvgIpc) is 2.84. The van der Waals surface area contributed by atoms with Crippen LogP contribution in [0.25, 0.3) is 0 Å². The zero-order valence-corrected chi connectivity index (χ0v) is 21.5. The molecule has 0 atom stereocenters. The van der Waals surface area contributed by atoms with Crippen molar-refractivity contribution < 1.29 is 39.3 Å². The highest BCUT2D eigenvalue weighted by atomic mass is 16.4. The largest absolute Gasteiger partial charge is 0.480 e. The van der Waals surface area contributed by atoms with Gasteiger partial charge in [-0.25, -0.2) is 0 Å². The SMILES string of the molecule is CNC1(C=O)CCN(C(=O)CN2CCN(CC(=O)O)CCN(CC(=O)O)CCN(CC(=O)O)CC2)CC1. The Bertz CT molecular complexity index is 772. The van der Waals surface area contributed by atoms with Gasteiger partial charge < -0.3 is 30.3 Å². The molecule has 0 radical (unpaired) electrons. The van der Waals surface area contributed by atoms with Gasteiger partial charge in [0.1, 0.15) is 6.29 Å². The van der Waals surface area contributed by atoms with Gasteiger partial charge in [0, 0.05) is 65.4 Å². The molecule has 0 aliphatic carbocycles. The molecule has 2 aliphatic heterocycles. The van der Waals surface area contributed by atoms with Crippen molar-refractivity contribution >= 4 is 30.1 Å². The van der Waals surface area contributed by atoms with Gasteiger partial charge in [-0.1, -0.05) is 0 Å². The molecule has 4 N–H and O–H groups in total. The number of nitrogens with zero attached hydrogens (tertiary/aromatic N) is 5. The van der Waals surface area contributed by atoms with Crippen molar-refractivity contribution in [2.24, 2.45) is 0 Å². The van der Waals surface area contributed by atoms with Crippen LogP contribution in [0.5, 0.6) is 0 Å². The number of carbonyl (C=O) groups excluding carboxylic acids is 2. The molecular formula is C23H40N6O8. The van der Waals surface area contributed by atoms with Crippen molar-refractivity contribution in [3.63, 3.8) is 0 Å². The first kappa shape index (κ1) is 30.6. The first-order valence-corrected chi connectivity index (χ1v) is 12.5. The van der Waals surface area contributed by atoms with E-state index in [0.29, 0.717) is 78.3 Å². The lowest BCUT2D eigenvalue weighted by atomic mass is 9.89. The molecule has 210 valence electrons. The minimum absolute atomic E-state index is 0.0927. The summed E-state index contributed by atoms with van der Waals surface area (Å²) in [6, 6.07) is 0. The van der Waals surface area contributed by atoms with E-state index in [2.05, 4.69) is 5.32 Å². The summed E-state index contributed by atoms with van der Waals surface area (Å²) in [6.07, 6.45) is 1.94. The Morgan fingerprint density at radius 2 is 0.973 bits per heavy atom. The predicted molar refractivity (Wildman–Crippen MR) is 132 cm³/mol. The maximum atomic E-state index is 13.1. The summed E-state index contributed by atoms with van der Waals surface area (Å²) in [6.45, 7) is 3.11. The van der Waals surface area contributed by atoms with Gasteiger partial charge in [-0.2, -0.15) is 0 Å². The van der Waals surface area contributed by atoms with Gasteiger partial charge >= 0.3 is 17.9 Å². The number of carbonyl (C=O) groups is 5. The number of aliphatic carboxylic acids is 3. The van der Waals surface area contributed by atoms with E-state index in [9.17, 15) is 39.3 Å². The van der Waals surface area contributed by atoms with Crippen LogP contribution < -0.4 is 5.32 Å². The maximum Gasteiger partial charge on any atom is 0.317 e. The molecule has 0 saturated carbocycles. The van der Waals surface area contributed by atoms with Gasteiger partial charge in [0.15, 0.2) is 0 Å². The van der Waals surface area contributed by atoms with Gasteiger partial charge in [-0.05, 0) is 19.9 Å². The Kier molecular flexibility index (Phi) is 12.3. The highest BCUT2D eigenvalue weighted by Crippen LogP contribution is 2.20. The number of hydrogen-bond donors (Lipinski definition) is 4. The number of carboxylic acids is 3. The van der Waals surface area contributed by atoms with Crippen molar-refractivity contribution in [1.82, 2.24) is 29.8 Å². The summed E-state index contributed by atoms with van der Waals surface area (Å²) < 4.78 is 0. The van der Waals surface area contributed by atoms with E-state index in [4.69, 9.17) is 0 Å². The quantitative estimate of drug-likeness (QED) is 0.215. The Labute approximate surface area is 216 Å². The van der Waals surface area contributed by atoms with E-state index < -0.39 is 23.4 Å².